The molecular formula is C20H25N3O4S. The predicted molar refractivity (Wildman–Crippen MR) is 111 cm³/mol. The Hall–Kier alpha value is -2.74. The molecule has 1 aliphatic rings. The molecule has 8 heteroatoms. The summed E-state index contributed by atoms with van der Waals surface area (Å²) in [7, 11) is 4.68. The molecular weight excluding hydrogens is 378 g/mol. The number of rotatable bonds is 8. The third-order valence-corrected chi connectivity index (χ3v) is 5.48. The highest BCUT2D eigenvalue weighted by Crippen LogP contribution is 2.38. The third kappa shape index (κ3) is 4.56. The lowest BCUT2D eigenvalue weighted by atomic mass is 10.1. The van der Waals surface area contributed by atoms with Crippen molar-refractivity contribution in [2.45, 2.75) is 18.9 Å². The molecule has 1 saturated heterocycles. The van der Waals surface area contributed by atoms with Crippen molar-refractivity contribution in [2.75, 3.05) is 39.3 Å². The van der Waals surface area contributed by atoms with Gasteiger partial charge >= 0.3 is 0 Å². The molecule has 1 fully saturated rings. The number of ether oxygens (including phenoxy) is 3. The number of hydrogen-bond donors (Lipinski definition) is 1. The summed E-state index contributed by atoms with van der Waals surface area (Å²) in [6, 6.07) is 3.88. The number of anilines is 1. The van der Waals surface area contributed by atoms with Gasteiger partial charge in [-0.2, -0.15) is 0 Å². The van der Waals surface area contributed by atoms with Crippen molar-refractivity contribution in [1.29, 1.82) is 0 Å². The summed E-state index contributed by atoms with van der Waals surface area (Å²) in [5, 5.41) is 5.98. The highest BCUT2D eigenvalue weighted by Gasteiger charge is 2.26. The predicted octanol–water partition coefficient (Wildman–Crippen LogP) is 2.97. The van der Waals surface area contributed by atoms with Crippen LogP contribution in [-0.4, -0.2) is 51.4 Å². The lowest BCUT2D eigenvalue weighted by Gasteiger charge is -2.23. The van der Waals surface area contributed by atoms with Gasteiger partial charge in [0.25, 0.3) is 0 Å². The van der Waals surface area contributed by atoms with E-state index in [4.69, 9.17) is 14.2 Å². The van der Waals surface area contributed by atoms with E-state index in [1.165, 1.54) is 6.08 Å². The largest absolute Gasteiger partial charge is 0.493 e. The highest BCUT2D eigenvalue weighted by atomic mass is 32.1. The zero-order valence-electron chi connectivity index (χ0n) is 16.3. The second-order valence-electron chi connectivity index (χ2n) is 6.34. The van der Waals surface area contributed by atoms with Crippen LogP contribution in [0.3, 0.4) is 0 Å². The van der Waals surface area contributed by atoms with Gasteiger partial charge < -0.3 is 24.4 Å². The molecule has 150 valence electrons. The summed E-state index contributed by atoms with van der Waals surface area (Å²) in [6.07, 6.45) is 7.22. The van der Waals surface area contributed by atoms with E-state index in [-0.39, 0.29) is 11.9 Å². The minimum atomic E-state index is -0.139. The van der Waals surface area contributed by atoms with Crippen molar-refractivity contribution in [3.63, 3.8) is 0 Å². The van der Waals surface area contributed by atoms with E-state index in [9.17, 15) is 4.79 Å². The summed E-state index contributed by atoms with van der Waals surface area (Å²) in [5.74, 6) is 1.48. The van der Waals surface area contributed by atoms with Gasteiger partial charge in [-0.1, -0.05) is 0 Å². The van der Waals surface area contributed by atoms with Crippen LogP contribution in [0.4, 0.5) is 5.13 Å². The SMILES string of the molecule is COc1cc(/C=C/C(=O)NC[C@H]2CCCN2c2nccs2)cc(OC)c1OC. The molecule has 1 atom stereocenters. The van der Waals surface area contributed by atoms with Crippen molar-refractivity contribution in [3.05, 3.63) is 35.3 Å². The number of hydrogen-bond acceptors (Lipinski definition) is 7. The number of benzene rings is 1. The van der Waals surface area contributed by atoms with Crippen LogP contribution in [0.1, 0.15) is 18.4 Å². The highest BCUT2D eigenvalue weighted by molar-refractivity contribution is 7.13. The molecule has 0 radical (unpaired) electrons. The minimum absolute atomic E-state index is 0.139. The van der Waals surface area contributed by atoms with Gasteiger partial charge in [0, 0.05) is 36.8 Å². The first-order chi connectivity index (χ1) is 13.7. The lowest BCUT2D eigenvalue weighted by Crippen LogP contribution is -2.39. The molecule has 0 bridgehead atoms. The van der Waals surface area contributed by atoms with Gasteiger partial charge in [-0.3, -0.25) is 4.79 Å². The maximum atomic E-state index is 12.3. The molecule has 0 saturated carbocycles. The minimum Gasteiger partial charge on any atom is -0.493 e. The van der Waals surface area contributed by atoms with E-state index in [1.807, 2.05) is 11.6 Å². The normalized spacial score (nSPS) is 16.4. The number of carbonyl (C=O) groups excluding carboxylic acids is 1. The van der Waals surface area contributed by atoms with E-state index in [2.05, 4.69) is 15.2 Å². The van der Waals surface area contributed by atoms with Crippen LogP contribution in [-0.2, 0) is 4.79 Å². The Bertz CT molecular complexity index is 798. The van der Waals surface area contributed by atoms with E-state index in [1.54, 1.807) is 50.9 Å². The molecule has 1 N–H and O–H groups in total. The van der Waals surface area contributed by atoms with E-state index in [0.717, 1.165) is 30.1 Å². The number of methoxy groups -OCH3 is 3. The van der Waals surface area contributed by atoms with Gasteiger partial charge in [0.15, 0.2) is 16.6 Å². The summed E-state index contributed by atoms with van der Waals surface area (Å²) < 4.78 is 16.0. The van der Waals surface area contributed by atoms with E-state index >= 15 is 0 Å². The second-order valence-corrected chi connectivity index (χ2v) is 7.21. The summed E-state index contributed by atoms with van der Waals surface area (Å²) in [4.78, 5) is 18.9. The van der Waals surface area contributed by atoms with E-state index in [0.29, 0.717) is 23.8 Å². The molecule has 1 aromatic heterocycles. The summed E-state index contributed by atoms with van der Waals surface area (Å²) >= 11 is 1.63. The zero-order valence-corrected chi connectivity index (χ0v) is 17.1. The standard InChI is InChI=1S/C20H25N3O4S/c1-25-16-11-14(12-17(26-2)19(16)27-3)6-7-18(24)22-13-15-5-4-9-23(15)20-21-8-10-28-20/h6-8,10-12,15H,4-5,9,13H2,1-3H3,(H,22,24)/b7-6+/t15-/m1/s1. The molecule has 1 amide bonds. The quantitative estimate of drug-likeness (QED) is 0.683. The monoisotopic (exact) mass is 403 g/mol. The second kappa shape index (κ2) is 9.45. The van der Waals surface area contributed by atoms with Gasteiger partial charge in [-0.05, 0) is 36.6 Å². The summed E-state index contributed by atoms with van der Waals surface area (Å²) in [5.41, 5.74) is 0.787. The molecule has 2 heterocycles. The van der Waals surface area contributed by atoms with Crippen molar-refractivity contribution in [3.8, 4) is 17.2 Å². The lowest BCUT2D eigenvalue weighted by molar-refractivity contribution is -0.116. The van der Waals surface area contributed by atoms with Crippen LogP contribution in [0.2, 0.25) is 0 Å². The van der Waals surface area contributed by atoms with Gasteiger partial charge in [0.2, 0.25) is 11.7 Å². The maximum Gasteiger partial charge on any atom is 0.244 e. The Morgan fingerprint density at radius 2 is 2.04 bits per heavy atom. The van der Waals surface area contributed by atoms with Crippen molar-refractivity contribution < 1.29 is 19.0 Å². The van der Waals surface area contributed by atoms with Gasteiger partial charge in [-0.15, -0.1) is 11.3 Å². The zero-order chi connectivity index (χ0) is 19.9. The Morgan fingerprint density at radius 1 is 1.29 bits per heavy atom. The van der Waals surface area contributed by atoms with E-state index < -0.39 is 0 Å². The van der Waals surface area contributed by atoms with Crippen LogP contribution in [0, 0.1) is 0 Å². The van der Waals surface area contributed by atoms with Crippen molar-refractivity contribution in [2.24, 2.45) is 0 Å². The first kappa shape index (κ1) is 20.0. The topological polar surface area (TPSA) is 72.9 Å². The first-order valence-corrected chi connectivity index (χ1v) is 9.96. The molecule has 28 heavy (non-hydrogen) atoms. The maximum absolute atomic E-state index is 12.3. The number of thiazole rings is 1. The first-order valence-electron chi connectivity index (χ1n) is 9.08. The van der Waals surface area contributed by atoms with Crippen LogP contribution in [0.25, 0.3) is 6.08 Å². The van der Waals surface area contributed by atoms with Crippen LogP contribution in [0.15, 0.2) is 29.8 Å². The number of nitrogens with zero attached hydrogens (tertiary/aromatic N) is 2. The van der Waals surface area contributed by atoms with Crippen molar-refractivity contribution >= 4 is 28.5 Å². The molecule has 0 aliphatic carbocycles. The average molecular weight is 404 g/mol. The molecule has 1 aromatic carbocycles. The third-order valence-electron chi connectivity index (χ3n) is 4.67. The fourth-order valence-corrected chi connectivity index (χ4v) is 4.05. The van der Waals surface area contributed by atoms with Crippen LogP contribution >= 0.6 is 11.3 Å². The number of carbonyl (C=O) groups is 1. The number of aromatic nitrogens is 1. The average Bonchev–Trinajstić information content (AvgIpc) is 3.40. The molecule has 7 nitrogen and oxygen atoms in total. The number of amides is 1. The van der Waals surface area contributed by atoms with Crippen LogP contribution < -0.4 is 24.4 Å². The Morgan fingerprint density at radius 3 is 2.64 bits per heavy atom. The number of nitrogens with one attached hydrogen (secondary N) is 1. The van der Waals surface area contributed by atoms with Gasteiger partial charge in [0.05, 0.1) is 21.3 Å². The fraction of sp³-hybridized carbons (Fsp3) is 0.400. The molecule has 1 aliphatic heterocycles. The molecule has 2 aromatic rings. The molecule has 3 rings (SSSR count). The van der Waals surface area contributed by atoms with Gasteiger partial charge in [0.1, 0.15) is 0 Å². The molecule has 0 spiro atoms. The summed E-state index contributed by atoms with van der Waals surface area (Å²) in [6.45, 7) is 1.58. The Balaban J connectivity index is 1.61. The van der Waals surface area contributed by atoms with Gasteiger partial charge in [-0.25, -0.2) is 4.98 Å². The Kier molecular flexibility index (Phi) is 6.76. The molecule has 0 unspecified atom stereocenters. The van der Waals surface area contributed by atoms with Crippen molar-refractivity contribution in [1.82, 2.24) is 10.3 Å². The fourth-order valence-electron chi connectivity index (χ4n) is 3.30. The smallest absolute Gasteiger partial charge is 0.244 e. The Labute approximate surface area is 168 Å². The van der Waals surface area contributed by atoms with Crippen LogP contribution in [0.5, 0.6) is 17.2 Å².